The van der Waals surface area contributed by atoms with Crippen molar-refractivity contribution in [2.45, 2.75) is 50.2 Å². The second-order valence-electron chi connectivity index (χ2n) is 9.46. The zero-order valence-corrected chi connectivity index (χ0v) is 23.5. The van der Waals surface area contributed by atoms with Gasteiger partial charge in [0, 0.05) is 28.4 Å². The van der Waals surface area contributed by atoms with Crippen LogP contribution in [0.1, 0.15) is 31.9 Å². The molecule has 2 amide bonds. The number of nitrogens with zero attached hydrogens (tertiary/aromatic N) is 1. The molecule has 190 valence electrons. The number of amides is 2. The Morgan fingerprint density at radius 2 is 1.56 bits per heavy atom. The topological polar surface area (TPSA) is 49.4 Å². The Morgan fingerprint density at radius 3 is 2.17 bits per heavy atom. The van der Waals surface area contributed by atoms with Crippen LogP contribution in [0.15, 0.2) is 77.7 Å². The highest BCUT2D eigenvalue weighted by atomic mass is 35.5. The van der Waals surface area contributed by atoms with Gasteiger partial charge in [-0.05, 0) is 68.3 Å². The molecule has 0 radical (unpaired) electrons. The van der Waals surface area contributed by atoms with Gasteiger partial charge in [-0.15, -0.1) is 11.8 Å². The molecule has 0 heterocycles. The fourth-order valence-corrected chi connectivity index (χ4v) is 4.83. The quantitative estimate of drug-likeness (QED) is 0.278. The van der Waals surface area contributed by atoms with E-state index in [-0.39, 0.29) is 24.1 Å². The summed E-state index contributed by atoms with van der Waals surface area (Å²) in [4.78, 5) is 29.8. The molecule has 36 heavy (non-hydrogen) atoms. The molecule has 3 aromatic carbocycles. The van der Waals surface area contributed by atoms with Crippen LogP contribution in [-0.2, 0) is 22.6 Å². The molecule has 1 atom stereocenters. The molecule has 0 fully saturated rings. The fraction of sp³-hybridized carbons (Fsp3) is 0.286. The van der Waals surface area contributed by atoms with Gasteiger partial charge in [-0.25, -0.2) is 0 Å². The zero-order valence-electron chi connectivity index (χ0n) is 20.4. The highest BCUT2D eigenvalue weighted by molar-refractivity contribution is 8.00. The Balaban J connectivity index is 1.94. The van der Waals surface area contributed by atoms with Gasteiger partial charge in [-0.3, -0.25) is 9.59 Å². The van der Waals surface area contributed by atoms with Crippen LogP contribution in [-0.4, -0.2) is 34.0 Å². The van der Waals surface area contributed by atoms with Crippen LogP contribution in [0.5, 0.6) is 0 Å². The number of hydrogen-bond acceptors (Lipinski definition) is 3. The van der Waals surface area contributed by atoms with Gasteiger partial charge < -0.3 is 10.2 Å². The monoisotopic (exact) mass is 562 g/mol. The molecule has 4 nitrogen and oxygen atoms in total. The molecule has 0 saturated heterocycles. The van der Waals surface area contributed by atoms with E-state index in [2.05, 4.69) is 5.32 Å². The molecular weight excluding hydrogens is 535 g/mol. The SMILES string of the molecule is CC(C)(C)NC(=O)C(Cc1ccccc1)N(Cc1ccc(Cl)c(Cl)c1)C(=O)CSc1ccc(Cl)cc1. The van der Waals surface area contributed by atoms with E-state index in [4.69, 9.17) is 34.8 Å². The minimum atomic E-state index is -0.723. The van der Waals surface area contributed by atoms with E-state index in [1.54, 1.807) is 29.2 Å². The summed E-state index contributed by atoms with van der Waals surface area (Å²) in [5, 5.41) is 4.52. The van der Waals surface area contributed by atoms with Gasteiger partial charge in [0.1, 0.15) is 6.04 Å². The largest absolute Gasteiger partial charge is 0.350 e. The van der Waals surface area contributed by atoms with Gasteiger partial charge in [0.2, 0.25) is 11.8 Å². The molecule has 0 bridgehead atoms. The summed E-state index contributed by atoms with van der Waals surface area (Å²) < 4.78 is 0. The summed E-state index contributed by atoms with van der Waals surface area (Å²) in [7, 11) is 0. The highest BCUT2D eigenvalue weighted by Crippen LogP contribution is 2.26. The maximum Gasteiger partial charge on any atom is 0.243 e. The lowest BCUT2D eigenvalue weighted by molar-refractivity contribution is -0.140. The zero-order chi connectivity index (χ0) is 26.3. The molecule has 3 rings (SSSR count). The van der Waals surface area contributed by atoms with Crippen molar-refractivity contribution in [3.8, 4) is 0 Å². The van der Waals surface area contributed by atoms with Crippen molar-refractivity contribution >= 4 is 58.4 Å². The summed E-state index contributed by atoms with van der Waals surface area (Å²) in [5.74, 6) is -0.209. The maximum atomic E-state index is 13.7. The predicted molar refractivity (Wildman–Crippen MR) is 151 cm³/mol. The van der Waals surface area contributed by atoms with Gasteiger partial charge in [0.25, 0.3) is 0 Å². The van der Waals surface area contributed by atoms with E-state index < -0.39 is 11.6 Å². The van der Waals surface area contributed by atoms with Gasteiger partial charge >= 0.3 is 0 Å². The van der Waals surface area contributed by atoms with Crippen molar-refractivity contribution in [1.29, 1.82) is 0 Å². The van der Waals surface area contributed by atoms with Crippen LogP contribution < -0.4 is 5.32 Å². The van der Waals surface area contributed by atoms with Gasteiger partial charge in [0.05, 0.1) is 15.8 Å². The summed E-state index contributed by atoms with van der Waals surface area (Å²) in [5.41, 5.74) is 1.29. The number of halogens is 3. The predicted octanol–water partition coefficient (Wildman–Crippen LogP) is 7.29. The highest BCUT2D eigenvalue weighted by Gasteiger charge is 2.32. The molecule has 8 heteroatoms. The summed E-state index contributed by atoms with van der Waals surface area (Å²) in [6.07, 6.45) is 0.376. The number of carbonyl (C=O) groups is 2. The van der Waals surface area contributed by atoms with E-state index in [1.165, 1.54) is 11.8 Å². The Bertz CT molecular complexity index is 1180. The minimum absolute atomic E-state index is 0.161. The number of carbonyl (C=O) groups excluding carboxylic acids is 2. The van der Waals surface area contributed by atoms with E-state index in [1.807, 2.05) is 69.3 Å². The number of benzene rings is 3. The number of rotatable bonds is 9. The van der Waals surface area contributed by atoms with Crippen LogP contribution in [0.4, 0.5) is 0 Å². The van der Waals surface area contributed by atoms with E-state index >= 15 is 0 Å². The molecule has 0 saturated carbocycles. The van der Waals surface area contributed by atoms with Crippen LogP contribution >= 0.6 is 46.6 Å². The molecule has 3 aromatic rings. The molecule has 1 unspecified atom stereocenters. The molecule has 0 aliphatic heterocycles. The van der Waals surface area contributed by atoms with Crippen LogP contribution in [0.2, 0.25) is 15.1 Å². The lowest BCUT2D eigenvalue weighted by Gasteiger charge is -2.34. The standard InChI is InChI=1S/C28H29Cl3N2O2S/c1-28(2,3)32-27(35)25(16-19-7-5-4-6-8-19)33(17-20-9-14-23(30)24(31)15-20)26(34)18-36-22-12-10-21(29)11-13-22/h4-15,25H,16-18H2,1-3H3,(H,32,35). The first-order valence-corrected chi connectivity index (χ1v) is 13.6. The average Bonchev–Trinajstić information content (AvgIpc) is 2.82. The van der Waals surface area contributed by atoms with Crippen molar-refractivity contribution in [2.75, 3.05) is 5.75 Å². The fourth-order valence-electron chi connectivity index (χ4n) is 3.60. The Labute approximate surface area is 232 Å². The van der Waals surface area contributed by atoms with E-state index in [0.29, 0.717) is 21.5 Å². The normalized spacial score (nSPS) is 12.2. The van der Waals surface area contributed by atoms with Crippen molar-refractivity contribution in [3.63, 3.8) is 0 Å². The number of thioether (sulfide) groups is 1. The molecular formula is C28H29Cl3N2O2S. The Morgan fingerprint density at radius 1 is 0.889 bits per heavy atom. The molecule has 1 N–H and O–H groups in total. The number of hydrogen-bond donors (Lipinski definition) is 1. The Kier molecular flexibility index (Phi) is 10.1. The summed E-state index contributed by atoms with van der Waals surface area (Å²) in [6.45, 7) is 5.98. The second kappa shape index (κ2) is 12.9. The Hall–Kier alpha value is -2.18. The second-order valence-corrected chi connectivity index (χ2v) is 11.8. The third-order valence-corrected chi connectivity index (χ3v) is 7.27. The average molecular weight is 564 g/mol. The lowest BCUT2D eigenvalue weighted by Crippen LogP contribution is -2.54. The van der Waals surface area contributed by atoms with Crippen molar-refractivity contribution in [1.82, 2.24) is 10.2 Å². The first-order valence-electron chi connectivity index (χ1n) is 11.5. The third kappa shape index (κ3) is 8.74. The van der Waals surface area contributed by atoms with Crippen molar-refractivity contribution in [2.24, 2.45) is 0 Å². The first kappa shape index (κ1) is 28.4. The number of nitrogens with one attached hydrogen (secondary N) is 1. The van der Waals surface area contributed by atoms with Crippen LogP contribution in [0.3, 0.4) is 0 Å². The van der Waals surface area contributed by atoms with Crippen molar-refractivity contribution < 1.29 is 9.59 Å². The van der Waals surface area contributed by atoms with Crippen LogP contribution in [0, 0.1) is 0 Å². The molecule has 0 aliphatic carbocycles. The van der Waals surface area contributed by atoms with Gasteiger partial charge in [-0.2, -0.15) is 0 Å². The smallest absolute Gasteiger partial charge is 0.243 e. The van der Waals surface area contributed by atoms with E-state index in [0.717, 1.165) is 16.0 Å². The molecule has 0 aliphatic rings. The minimum Gasteiger partial charge on any atom is -0.350 e. The summed E-state index contributed by atoms with van der Waals surface area (Å²) in [6, 6.07) is 21.6. The third-order valence-electron chi connectivity index (χ3n) is 5.28. The van der Waals surface area contributed by atoms with E-state index in [9.17, 15) is 9.59 Å². The first-order chi connectivity index (χ1) is 17.0. The van der Waals surface area contributed by atoms with Gasteiger partial charge in [-0.1, -0.05) is 71.2 Å². The maximum absolute atomic E-state index is 13.7. The van der Waals surface area contributed by atoms with Crippen molar-refractivity contribution in [3.05, 3.63) is 99.0 Å². The molecule has 0 aromatic heterocycles. The van der Waals surface area contributed by atoms with Crippen LogP contribution in [0.25, 0.3) is 0 Å². The molecule has 0 spiro atoms. The lowest BCUT2D eigenvalue weighted by atomic mass is 10.0. The van der Waals surface area contributed by atoms with Gasteiger partial charge in [0.15, 0.2) is 0 Å². The summed E-state index contributed by atoms with van der Waals surface area (Å²) >= 11 is 19.8.